The highest BCUT2D eigenvalue weighted by molar-refractivity contribution is 7.18. The zero-order valence-electron chi connectivity index (χ0n) is 21.5. The summed E-state index contributed by atoms with van der Waals surface area (Å²) in [5, 5.41) is 10.2. The van der Waals surface area contributed by atoms with E-state index in [-0.39, 0.29) is 30.1 Å². The summed E-state index contributed by atoms with van der Waals surface area (Å²) >= 11 is 1.64. The summed E-state index contributed by atoms with van der Waals surface area (Å²) in [6, 6.07) is 8.76. The second-order valence-electron chi connectivity index (χ2n) is 9.60. The van der Waals surface area contributed by atoms with Gasteiger partial charge in [0.25, 0.3) is 5.56 Å². The Hall–Kier alpha value is -3.29. The molecule has 0 saturated carbocycles. The van der Waals surface area contributed by atoms with Gasteiger partial charge in [0.15, 0.2) is 5.65 Å². The summed E-state index contributed by atoms with van der Waals surface area (Å²) in [5.74, 6) is 0. The predicted molar refractivity (Wildman–Crippen MR) is 143 cm³/mol. The maximum Gasteiger partial charge on any atom is 0.267 e. The highest BCUT2D eigenvalue weighted by Gasteiger charge is 2.36. The Bertz CT molecular complexity index is 1510. The minimum atomic E-state index is -0.0906. The van der Waals surface area contributed by atoms with Gasteiger partial charge in [-0.3, -0.25) is 9.69 Å². The number of thiazole rings is 1. The SMILES string of the molecule is CCC(c1ccc2nc(C)sc2n1)N1C[C@H](CC)N(c2cc(=O)n(C)n3cc(CC#N)nc23)C[C@H]1C. The summed E-state index contributed by atoms with van der Waals surface area (Å²) in [4.78, 5) is 33.1. The number of hydrogen-bond acceptors (Lipinski definition) is 8. The summed E-state index contributed by atoms with van der Waals surface area (Å²) in [6.07, 6.45) is 3.91. The number of anilines is 1. The van der Waals surface area contributed by atoms with Crippen LogP contribution in [0.4, 0.5) is 5.69 Å². The third-order valence-corrected chi connectivity index (χ3v) is 8.19. The number of imidazole rings is 1. The molecule has 1 saturated heterocycles. The molecule has 0 radical (unpaired) electrons. The van der Waals surface area contributed by atoms with E-state index in [1.807, 2.05) is 6.92 Å². The predicted octanol–water partition coefficient (Wildman–Crippen LogP) is 3.85. The Morgan fingerprint density at radius 3 is 2.75 bits per heavy atom. The number of rotatable bonds is 6. The summed E-state index contributed by atoms with van der Waals surface area (Å²) in [6.45, 7) is 10.3. The van der Waals surface area contributed by atoms with Crippen molar-refractivity contribution in [3.05, 3.63) is 51.1 Å². The Labute approximate surface area is 214 Å². The lowest BCUT2D eigenvalue weighted by atomic mass is 9.98. The van der Waals surface area contributed by atoms with E-state index in [1.54, 1.807) is 39.8 Å². The molecule has 0 bridgehead atoms. The molecule has 0 aliphatic carbocycles. The van der Waals surface area contributed by atoms with Crippen molar-refractivity contribution >= 4 is 33.0 Å². The van der Waals surface area contributed by atoms with Crippen LogP contribution in [-0.2, 0) is 13.5 Å². The Kier molecular flexibility index (Phi) is 6.53. The van der Waals surface area contributed by atoms with E-state index >= 15 is 0 Å². The van der Waals surface area contributed by atoms with Crippen molar-refractivity contribution in [3.63, 3.8) is 0 Å². The average molecular weight is 505 g/mol. The normalized spacial score (nSPS) is 19.7. The van der Waals surface area contributed by atoms with Crippen LogP contribution in [0, 0.1) is 18.3 Å². The van der Waals surface area contributed by atoms with Crippen LogP contribution in [0.25, 0.3) is 16.0 Å². The minimum absolute atomic E-state index is 0.0906. The molecule has 36 heavy (non-hydrogen) atoms. The number of fused-ring (bicyclic) bond motifs is 2. The second kappa shape index (κ2) is 9.64. The largest absolute Gasteiger partial charge is 0.363 e. The smallest absolute Gasteiger partial charge is 0.267 e. The standard InChI is InChI=1S/C26H32N8OS/c1-6-19-15-32(22(7-2)20-8-9-21-26(30-20)36-17(4)28-21)16(3)13-33(19)23-12-24(35)31(5)34-14-18(10-11-27)29-25(23)34/h8-9,12,14,16,19,22H,6-7,10,13,15H2,1-5H3/t16-,19+,22?/m1/s1. The number of aryl methyl sites for hydroxylation is 2. The van der Waals surface area contributed by atoms with Crippen LogP contribution in [0.3, 0.4) is 0 Å². The van der Waals surface area contributed by atoms with Crippen LogP contribution in [-0.4, -0.2) is 54.2 Å². The molecule has 10 heteroatoms. The number of pyridine rings is 1. The van der Waals surface area contributed by atoms with Crippen molar-refractivity contribution in [1.29, 1.82) is 5.26 Å². The van der Waals surface area contributed by atoms with Crippen LogP contribution in [0.1, 0.15) is 56.1 Å². The lowest BCUT2D eigenvalue weighted by Crippen LogP contribution is -2.58. The fourth-order valence-corrected chi connectivity index (χ4v) is 6.25. The van der Waals surface area contributed by atoms with Gasteiger partial charge in [-0.1, -0.05) is 25.2 Å². The number of hydrogen-bond donors (Lipinski definition) is 0. The van der Waals surface area contributed by atoms with E-state index in [9.17, 15) is 4.79 Å². The topological polar surface area (TPSA) is 95.4 Å². The minimum Gasteiger partial charge on any atom is -0.363 e. The molecule has 1 unspecified atom stereocenters. The first-order chi connectivity index (χ1) is 17.3. The maximum atomic E-state index is 12.9. The molecular weight excluding hydrogens is 472 g/mol. The van der Waals surface area contributed by atoms with Crippen molar-refractivity contribution in [1.82, 2.24) is 29.0 Å². The van der Waals surface area contributed by atoms with E-state index < -0.39 is 0 Å². The van der Waals surface area contributed by atoms with Crippen molar-refractivity contribution in [2.75, 3.05) is 18.0 Å². The highest BCUT2D eigenvalue weighted by atomic mass is 32.1. The molecular formula is C26H32N8OS. The van der Waals surface area contributed by atoms with Crippen LogP contribution in [0.5, 0.6) is 0 Å². The maximum absolute atomic E-state index is 12.9. The molecule has 0 N–H and O–H groups in total. The van der Waals surface area contributed by atoms with Gasteiger partial charge in [0.1, 0.15) is 10.3 Å². The quantitative estimate of drug-likeness (QED) is 0.394. The second-order valence-corrected chi connectivity index (χ2v) is 10.8. The molecule has 1 fully saturated rings. The Morgan fingerprint density at radius 1 is 1.22 bits per heavy atom. The molecule has 0 spiro atoms. The van der Waals surface area contributed by atoms with Gasteiger partial charge in [-0.25, -0.2) is 24.1 Å². The first-order valence-corrected chi connectivity index (χ1v) is 13.4. The Balaban J connectivity index is 1.50. The molecule has 1 aliphatic rings. The molecule has 3 atom stereocenters. The fourth-order valence-electron chi connectivity index (χ4n) is 5.46. The summed E-state index contributed by atoms with van der Waals surface area (Å²) in [5.41, 5.74) is 4.20. The first kappa shape index (κ1) is 24.4. The third-order valence-electron chi connectivity index (χ3n) is 7.31. The lowest BCUT2D eigenvalue weighted by molar-refractivity contribution is 0.100. The molecule has 5 rings (SSSR count). The zero-order valence-corrected chi connectivity index (χ0v) is 22.3. The van der Waals surface area contributed by atoms with Gasteiger partial charge in [0, 0.05) is 38.3 Å². The van der Waals surface area contributed by atoms with Crippen LogP contribution < -0.4 is 10.5 Å². The van der Waals surface area contributed by atoms with Crippen molar-refractivity contribution in [2.45, 2.75) is 65.1 Å². The van der Waals surface area contributed by atoms with Gasteiger partial charge in [-0.15, -0.1) is 0 Å². The van der Waals surface area contributed by atoms with Gasteiger partial charge >= 0.3 is 0 Å². The van der Waals surface area contributed by atoms with Gasteiger partial charge < -0.3 is 4.90 Å². The third kappa shape index (κ3) is 4.16. The number of nitrogens with zero attached hydrogens (tertiary/aromatic N) is 8. The van der Waals surface area contributed by atoms with E-state index in [0.717, 1.165) is 58.3 Å². The van der Waals surface area contributed by atoms with Gasteiger partial charge in [0.2, 0.25) is 0 Å². The fraction of sp³-hybridized carbons (Fsp3) is 0.500. The molecule has 4 aromatic heterocycles. The molecule has 1 aliphatic heterocycles. The van der Waals surface area contributed by atoms with E-state index in [2.05, 4.69) is 53.8 Å². The average Bonchev–Trinajstić information content (AvgIpc) is 3.45. The molecule has 0 amide bonds. The monoisotopic (exact) mass is 504 g/mol. The van der Waals surface area contributed by atoms with E-state index in [4.69, 9.17) is 15.2 Å². The van der Waals surface area contributed by atoms with E-state index in [0.29, 0.717) is 5.69 Å². The summed E-state index contributed by atoms with van der Waals surface area (Å²) < 4.78 is 3.32. The Morgan fingerprint density at radius 2 is 2.03 bits per heavy atom. The van der Waals surface area contributed by atoms with Gasteiger partial charge in [-0.05, 0) is 38.8 Å². The molecule has 0 aromatic carbocycles. The van der Waals surface area contributed by atoms with E-state index in [1.165, 1.54) is 0 Å². The van der Waals surface area contributed by atoms with Gasteiger partial charge in [-0.2, -0.15) is 5.26 Å². The number of nitriles is 1. The zero-order chi connectivity index (χ0) is 25.6. The van der Waals surface area contributed by atoms with Crippen LogP contribution in [0.15, 0.2) is 29.2 Å². The lowest BCUT2D eigenvalue weighted by Gasteiger charge is -2.49. The van der Waals surface area contributed by atoms with Gasteiger partial charge in [0.05, 0.1) is 46.8 Å². The van der Waals surface area contributed by atoms with Crippen molar-refractivity contribution in [2.24, 2.45) is 7.05 Å². The van der Waals surface area contributed by atoms with Crippen molar-refractivity contribution in [3.8, 4) is 6.07 Å². The molecule has 188 valence electrons. The summed E-state index contributed by atoms with van der Waals surface area (Å²) in [7, 11) is 1.73. The molecule has 4 aromatic rings. The van der Waals surface area contributed by atoms with Crippen LogP contribution in [0.2, 0.25) is 0 Å². The number of aromatic nitrogens is 5. The molecule has 5 heterocycles. The van der Waals surface area contributed by atoms with Crippen LogP contribution >= 0.6 is 11.3 Å². The molecule has 9 nitrogen and oxygen atoms in total. The first-order valence-electron chi connectivity index (χ1n) is 12.6. The highest BCUT2D eigenvalue weighted by Crippen LogP contribution is 2.34. The number of piperazine rings is 1. The van der Waals surface area contributed by atoms with Crippen molar-refractivity contribution < 1.29 is 0 Å².